The van der Waals surface area contributed by atoms with Crippen LogP contribution in [-0.2, 0) is 4.79 Å². The summed E-state index contributed by atoms with van der Waals surface area (Å²) in [6.45, 7) is 4.92. The molecule has 8 heteroatoms. The van der Waals surface area contributed by atoms with Crippen LogP contribution in [0, 0.1) is 5.92 Å². The number of benzene rings is 2. The van der Waals surface area contributed by atoms with E-state index in [2.05, 4.69) is 17.2 Å². The van der Waals surface area contributed by atoms with Crippen LogP contribution in [0.1, 0.15) is 33.6 Å². The number of hydrogen-bond donors (Lipinski definition) is 2. The molecule has 0 radical (unpaired) electrons. The van der Waals surface area contributed by atoms with Crippen LogP contribution in [0.2, 0.25) is 0 Å². The predicted molar refractivity (Wildman–Crippen MR) is 129 cm³/mol. The Balaban J connectivity index is 1.68. The van der Waals surface area contributed by atoms with Gasteiger partial charge in [0.15, 0.2) is 0 Å². The van der Waals surface area contributed by atoms with Crippen molar-refractivity contribution in [2.75, 3.05) is 33.9 Å². The summed E-state index contributed by atoms with van der Waals surface area (Å²) in [7, 11) is 3.12. The molecule has 0 spiro atoms. The number of nitrogens with one attached hydrogen (secondary N) is 2. The van der Waals surface area contributed by atoms with E-state index in [0.29, 0.717) is 55.1 Å². The third-order valence-electron chi connectivity index (χ3n) is 5.96. The highest BCUT2D eigenvalue weighted by atomic mass is 16.5. The molecule has 1 saturated heterocycles. The summed E-state index contributed by atoms with van der Waals surface area (Å²) >= 11 is 0. The van der Waals surface area contributed by atoms with E-state index in [1.54, 1.807) is 73.7 Å². The molecule has 2 aromatic carbocycles. The number of amides is 3. The number of piperidine rings is 1. The standard InChI is InChI=1S/C26H31N3O5/c1-4-14-27-25(31)23(28-24(30)19-8-10-21(33-2)11-9-19)18-12-15-29(16-13-18)26(32)20-6-5-7-22(17-20)34-3/h4-11,17-18,23H,1,12-16H2,2-3H3,(H,27,31)(H,28,30)/t23-/m1/s1. The fraction of sp³-hybridized carbons (Fsp3) is 0.346. The highest BCUT2D eigenvalue weighted by Crippen LogP contribution is 2.24. The maximum absolute atomic E-state index is 12.9. The van der Waals surface area contributed by atoms with Crippen LogP contribution in [-0.4, -0.2) is 62.5 Å². The predicted octanol–water partition coefficient (Wildman–Crippen LogP) is 2.66. The molecule has 1 aliphatic heterocycles. The molecule has 0 unspecified atom stereocenters. The van der Waals surface area contributed by atoms with E-state index >= 15 is 0 Å². The van der Waals surface area contributed by atoms with Crippen molar-refractivity contribution in [3.05, 3.63) is 72.3 Å². The van der Waals surface area contributed by atoms with Crippen molar-refractivity contribution in [2.24, 2.45) is 5.92 Å². The molecule has 3 amide bonds. The summed E-state index contributed by atoms with van der Waals surface area (Å²) in [5.41, 5.74) is 0.999. The van der Waals surface area contributed by atoms with Gasteiger partial charge in [-0.1, -0.05) is 12.1 Å². The van der Waals surface area contributed by atoms with Crippen LogP contribution < -0.4 is 20.1 Å². The van der Waals surface area contributed by atoms with E-state index in [9.17, 15) is 14.4 Å². The summed E-state index contributed by atoms with van der Waals surface area (Å²) in [5, 5.41) is 5.69. The molecule has 1 aliphatic rings. The average Bonchev–Trinajstić information content (AvgIpc) is 2.90. The summed E-state index contributed by atoms with van der Waals surface area (Å²) in [4.78, 5) is 40.5. The lowest BCUT2D eigenvalue weighted by Crippen LogP contribution is -2.53. The molecular formula is C26H31N3O5. The van der Waals surface area contributed by atoms with Gasteiger partial charge in [0.2, 0.25) is 5.91 Å². The van der Waals surface area contributed by atoms with E-state index in [4.69, 9.17) is 9.47 Å². The lowest BCUT2D eigenvalue weighted by Gasteiger charge is -2.36. The Morgan fingerprint density at radius 2 is 1.71 bits per heavy atom. The molecule has 1 fully saturated rings. The Labute approximate surface area is 199 Å². The van der Waals surface area contributed by atoms with Gasteiger partial charge in [0.25, 0.3) is 11.8 Å². The van der Waals surface area contributed by atoms with E-state index in [1.807, 2.05) is 0 Å². The molecule has 1 atom stereocenters. The molecule has 2 N–H and O–H groups in total. The molecule has 0 saturated carbocycles. The zero-order valence-corrected chi connectivity index (χ0v) is 19.6. The largest absolute Gasteiger partial charge is 0.497 e. The second-order valence-electron chi connectivity index (χ2n) is 8.08. The zero-order chi connectivity index (χ0) is 24.5. The van der Waals surface area contributed by atoms with Gasteiger partial charge in [0, 0.05) is 30.8 Å². The minimum absolute atomic E-state index is 0.0766. The second-order valence-corrected chi connectivity index (χ2v) is 8.08. The number of methoxy groups -OCH3 is 2. The van der Waals surface area contributed by atoms with E-state index < -0.39 is 6.04 Å². The lowest BCUT2D eigenvalue weighted by molar-refractivity contribution is -0.124. The van der Waals surface area contributed by atoms with Crippen molar-refractivity contribution in [2.45, 2.75) is 18.9 Å². The van der Waals surface area contributed by atoms with Crippen molar-refractivity contribution in [1.82, 2.24) is 15.5 Å². The molecule has 2 aromatic rings. The van der Waals surface area contributed by atoms with Gasteiger partial charge >= 0.3 is 0 Å². The van der Waals surface area contributed by atoms with Crippen LogP contribution in [0.4, 0.5) is 0 Å². The van der Waals surface area contributed by atoms with Gasteiger partial charge < -0.3 is 25.0 Å². The van der Waals surface area contributed by atoms with Gasteiger partial charge in [-0.15, -0.1) is 6.58 Å². The van der Waals surface area contributed by atoms with Gasteiger partial charge in [0.05, 0.1) is 14.2 Å². The molecule has 3 rings (SSSR count). The van der Waals surface area contributed by atoms with Crippen LogP contribution in [0.5, 0.6) is 11.5 Å². The van der Waals surface area contributed by atoms with E-state index in [-0.39, 0.29) is 23.6 Å². The van der Waals surface area contributed by atoms with Crippen molar-refractivity contribution >= 4 is 17.7 Å². The van der Waals surface area contributed by atoms with Gasteiger partial charge in [-0.3, -0.25) is 14.4 Å². The van der Waals surface area contributed by atoms with Crippen LogP contribution >= 0.6 is 0 Å². The van der Waals surface area contributed by atoms with Gasteiger partial charge in [0.1, 0.15) is 17.5 Å². The Bertz CT molecular complexity index is 1010. The van der Waals surface area contributed by atoms with Crippen LogP contribution in [0.15, 0.2) is 61.2 Å². The van der Waals surface area contributed by atoms with Gasteiger partial charge in [-0.05, 0) is 61.2 Å². The average molecular weight is 466 g/mol. The number of nitrogens with zero attached hydrogens (tertiary/aromatic N) is 1. The summed E-state index contributed by atoms with van der Waals surface area (Å²) in [6.07, 6.45) is 2.77. The quantitative estimate of drug-likeness (QED) is 0.555. The molecule has 180 valence electrons. The molecule has 34 heavy (non-hydrogen) atoms. The SMILES string of the molecule is C=CCNC(=O)[C@H](NC(=O)c1ccc(OC)cc1)C1CCN(C(=O)c2cccc(OC)c2)CC1. The summed E-state index contributed by atoms with van der Waals surface area (Å²) in [6, 6.07) is 13.0. The van der Waals surface area contributed by atoms with Crippen molar-refractivity contribution in [1.29, 1.82) is 0 Å². The Hall–Kier alpha value is -3.81. The molecular weight excluding hydrogens is 434 g/mol. The third kappa shape index (κ3) is 6.15. The number of carbonyl (C=O) groups is 3. The number of ether oxygens (including phenoxy) is 2. The Morgan fingerprint density at radius 1 is 1.03 bits per heavy atom. The summed E-state index contributed by atoms with van der Waals surface area (Å²) in [5.74, 6) is 0.482. The zero-order valence-electron chi connectivity index (χ0n) is 19.6. The van der Waals surface area contributed by atoms with E-state index in [1.165, 1.54) is 0 Å². The third-order valence-corrected chi connectivity index (χ3v) is 5.96. The fourth-order valence-electron chi connectivity index (χ4n) is 4.02. The van der Waals surface area contributed by atoms with Gasteiger partial charge in [-0.2, -0.15) is 0 Å². The van der Waals surface area contributed by atoms with Gasteiger partial charge in [-0.25, -0.2) is 0 Å². The first kappa shape index (κ1) is 24.8. The second kappa shape index (κ2) is 11.9. The maximum atomic E-state index is 12.9. The molecule has 0 aromatic heterocycles. The summed E-state index contributed by atoms with van der Waals surface area (Å²) < 4.78 is 10.4. The van der Waals surface area contributed by atoms with E-state index in [0.717, 1.165) is 0 Å². The molecule has 0 bridgehead atoms. The maximum Gasteiger partial charge on any atom is 0.253 e. The Morgan fingerprint density at radius 3 is 2.32 bits per heavy atom. The normalized spacial score (nSPS) is 14.6. The molecule has 0 aliphatic carbocycles. The molecule has 1 heterocycles. The fourth-order valence-corrected chi connectivity index (χ4v) is 4.02. The van der Waals surface area contributed by atoms with Crippen molar-refractivity contribution < 1.29 is 23.9 Å². The van der Waals surface area contributed by atoms with Crippen LogP contribution in [0.25, 0.3) is 0 Å². The number of hydrogen-bond acceptors (Lipinski definition) is 5. The van der Waals surface area contributed by atoms with Crippen molar-refractivity contribution in [3.8, 4) is 11.5 Å². The smallest absolute Gasteiger partial charge is 0.253 e. The first-order valence-electron chi connectivity index (χ1n) is 11.2. The number of carbonyl (C=O) groups excluding carboxylic acids is 3. The lowest BCUT2D eigenvalue weighted by atomic mass is 9.88. The molecule has 8 nitrogen and oxygen atoms in total. The van der Waals surface area contributed by atoms with Crippen LogP contribution in [0.3, 0.4) is 0 Å². The first-order valence-corrected chi connectivity index (χ1v) is 11.2. The number of likely N-dealkylation sites (tertiary alicyclic amines) is 1. The minimum atomic E-state index is -0.719. The van der Waals surface area contributed by atoms with Crippen molar-refractivity contribution in [3.63, 3.8) is 0 Å². The highest BCUT2D eigenvalue weighted by molar-refractivity contribution is 5.98. The topological polar surface area (TPSA) is 97.0 Å². The Kier molecular flexibility index (Phi) is 8.67. The highest BCUT2D eigenvalue weighted by Gasteiger charge is 2.34. The monoisotopic (exact) mass is 465 g/mol. The number of rotatable bonds is 9. The first-order chi connectivity index (χ1) is 16.5. The minimum Gasteiger partial charge on any atom is -0.497 e.